The quantitative estimate of drug-likeness (QED) is 0.706. The van der Waals surface area contributed by atoms with E-state index >= 15 is 0 Å². The minimum Gasteiger partial charge on any atom is -0.453 e. The fourth-order valence-corrected chi connectivity index (χ4v) is 1.71. The SMILES string of the molecule is CN(C)C(=O)CC1OC(=O)c2ccccc21. The average Bonchev–Trinajstić information content (AvgIpc) is 2.57. The normalized spacial score (nSPS) is 17.9. The summed E-state index contributed by atoms with van der Waals surface area (Å²) in [6.07, 6.45) is -0.228. The van der Waals surface area contributed by atoms with Crippen LogP contribution >= 0.6 is 0 Å². The summed E-state index contributed by atoms with van der Waals surface area (Å²) in [5, 5.41) is 0. The van der Waals surface area contributed by atoms with E-state index in [2.05, 4.69) is 0 Å². The van der Waals surface area contributed by atoms with E-state index in [0.717, 1.165) is 5.56 Å². The predicted molar refractivity (Wildman–Crippen MR) is 57.9 cm³/mol. The molecule has 4 heteroatoms. The Labute approximate surface area is 93.8 Å². The Kier molecular flexibility index (Phi) is 2.64. The Morgan fingerprint density at radius 1 is 1.38 bits per heavy atom. The maximum atomic E-state index is 11.5. The molecule has 0 spiro atoms. The van der Waals surface area contributed by atoms with Crippen molar-refractivity contribution in [3.63, 3.8) is 0 Å². The first-order valence-electron chi connectivity index (χ1n) is 5.09. The van der Waals surface area contributed by atoms with Gasteiger partial charge in [-0.05, 0) is 6.07 Å². The summed E-state index contributed by atoms with van der Waals surface area (Å²) < 4.78 is 5.17. The number of rotatable bonds is 2. The van der Waals surface area contributed by atoms with Gasteiger partial charge in [0.15, 0.2) is 0 Å². The third-order valence-electron chi connectivity index (χ3n) is 2.64. The molecule has 16 heavy (non-hydrogen) atoms. The monoisotopic (exact) mass is 219 g/mol. The first-order chi connectivity index (χ1) is 7.59. The van der Waals surface area contributed by atoms with Crippen LogP contribution in [-0.2, 0) is 9.53 Å². The Bertz CT molecular complexity index is 440. The van der Waals surface area contributed by atoms with Crippen molar-refractivity contribution in [2.75, 3.05) is 14.1 Å². The first kappa shape index (κ1) is 10.7. The van der Waals surface area contributed by atoms with Crippen molar-refractivity contribution in [1.82, 2.24) is 4.90 Å². The van der Waals surface area contributed by atoms with E-state index in [0.29, 0.717) is 5.56 Å². The maximum absolute atomic E-state index is 11.5. The number of fused-ring (bicyclic) bond motifs is 1. The number of cyclic esters (lactones) is 1. The van der Waals surface area contributed by atoms with Crippen molar-refractivity contribution in [2.24, 2.45) is 0 Å². The standard InChI is InChI=1S/C12H13NO3/c1-13(2)11(14)7-10-8-5-3-4-6-9(8)12(15)16-10/h3-6,10H,7H2,1-2H3. The second-order valence-electron chi connectivity index (χ2n) is 3.97. The van der Waals surface area contributed by atoms with Gasteiger partial charge in [-0.2, -0.15) is 0 Å². The zero-order chi connectivity index (χ0) is 11.7. The van der Waals surface area contributed by atoms with Gasteiger partial charge in [-0.15, -0.1) is 0 Å². The molecule has 0 aliphatic carbocycles. The summed E-state index contributed by atoms with van der Waals surface area (Å²) in [4.78, 5) is 24.5. The number of esters is 1. The zero-order valence-electron chi connectivity index (χ0n) is 9.27. The number of ether oxygens (including phenoxy) is 1. The van der Waals surface area contributed by atoms with Gasteiger partial charge in [-0.1, -0.05) is 18.2 Å². The predicted octanol–water partition coefficient (Wildman–Crippen LogP) is 1.38. The molecule has 1 aliphatic heterocycles. The molecule has 0 radical (unpaired) electrons. The highest BCUT2D eigenvalue weighted by atomic mass is 16.5. The van der Waals surface area contributed by atoms with Gasteiger partial charge in [-0.25, -0.2) is 4.79 Å². The number of carbonyl (C=O) groups is 2. The van der Waals surface area contributed by atoms with Crippen LogP contribution in [-0.4, -0.2) is 30.9 Å². The maximum Gasteiger partial charge on any atom is 0.339 e. The highest BCUT2D eigenvalue weighted by molar-refractivity contribution is 5.94. The fourth-order valence-electron chi connectivity index (χ4n) is 1.71. The second kappa shape index (κ2) is 3.96. The van der Waals surface area contributed by atoms with E-state index in [-0.39, 0.29) is 18.3 Å². The highest BCUT2D eigenvalue weighted by Crippen LogP contribution is 2.32. The molecule has 84 valence electrons. The lowest BCUT2D eigenvalue weighted by atomic mass is 10.0. The van der Waals surface area contributed by atoms with E-state index in [9.17, 15) is 9.59 Å². The number of hydrogen-bond donors (Lipinski definition) is 0. The van der Waals surface area contributed by atoms with Crippen LogP contribution in [0, 0.1) is 0 Å². The van der Waals surface area contributed by atoms with Gasteiger partial charge in [0.2, 0.25) is 5.91 Å². The van der Waals surface area contributed by atoms with Gasteiger partial charge in [0.1, 0.15) is 6.10 Å². The molecule has 4 nitrogen and oxygen atoms in total. The van der Waals surface area contributed by atoms with Crippen LogP contribution in [0.2, 0.25) is 0 Å². The minimum absolute atomic E-state index is 0.0468. The molecule has 0 aromatic heterocycles. The largest absolute Gasteiger partial charge is 0.453 e. The van der Waals surface area contributed by atoms with Crippen molar-refractivity contribution >= 4 is 11.9 Å². The average molecular weight is 219 g/mol. The van der Waals surface area contributed by atoms with Crippen molar-refractivity contribution < 1.29 is 14.3 Å². The van der Waals surface area contributed by atoms with Crippen LogP contribution in [0.3, 0.4) is 0 Å². The van der Waals surface area contributed by atoms with Crippen molar-refractivity contribution in [1.29, 1.82) is 0 Å². The molecule has 0 saturated carbocycles. The number of benzene rings is 1. The number of nitrogens with zero attached hydrogens (tertiary/aromatic N) is 1. The lowest BCUT2D eigenvalue weighted by Gasteiger charge is -2.14. The third kappa shape index (κ3) is 1.78. The van der Waals surface area contributed by atoms with Crippen LogP contribution < -0.4 is 0 Å². The molecule has 1 unspecified atom stereocenters. The number of amides is 1. The van der Waals surface area contributed by atoms with E-state index in [1.165, 1.54) is 4.90 Å². The molecule has 1 heterocycles. The molecule has 1 aromatic carbocycles. The summed E-state index contributed by atoms with van der Waals surface area (Å²) in [6, 6.07) is 7.18. The highest BCUT2D eigenvalue weighted by Gasteiger charge is 2.32. The van der Waals surface area contributed by atoms with Crippen LogP contribution in [0.25, 0.3) is 0 Å². The van der Waals surface area contributed by atoms with Crippen molar-refractivity contribution in [3.05, 3.63) is 35.4 Å². The van der Waals surface area contributed by atoms with Crippen LogP contribution in [0.4, 0.5) is 0 Å². The lowest BCUT2D eigenvalue weighted by Crippen LogP contribution is -2.23. The summed E-state index contributed by atoms with van der Waals surface area (Å²) in [5.41, 5.74) is 1.38. The molecular formula is C12H13NO3. The third-order valence-corrected chi connectivity index (χ3v) is 2.64. The Morgan fingerprint density at radius 3 is 2.75 bits per heavy atom. The van der Waals surface area contributed by atoms with E-state index in [1.54, 1.807) is 26.2 Å². The summed E-state index contributed by atoms with van der Waals surface area (Å²) in [6.45, 7) is 0. The summed E-state index contributed by atoms with van der Waals surface area (Å²) >= 11 is 0. The van der Waals surface area contributed by atoms with Gasteiger partial charge in [0.05, 0.1) is 12.0 Å². The fraction of sp³-hybridized carbons (Fsp3) is 0.333. The van der Waals surface area contributed by atoms with E-state index < -0.39 is 6.10 Å². The lowest BCUT2D eigenvalue weighted by molar-refractivity contribution is -0.130. The van der Waals surface area contributed by atoms with Gasteiger partial charge < -0.3 is 9.64 Å². The second-order valence-corrected chi connectivity index (χ2v) is 3.97. The Morgan fingerprint density at radius 2 is 2.06 bits per heavy atom. The molecule has 0 bridgehead atoms. The van der Waals surface area contributed by atoms with Crippen LogP contribution in [0.15, 0.2) is 24.3 Å². The number of hydrogen-bond acceptors (Lipinski definition) is 3. The Balaban J connectivity index is 2.21. The van der Waals surface area contributed by atoms with E-state index in [4.69, 9.17) is 4.74 Å². The molecule has 1 atom stereocenters. The molecule has 0 fully saturated rings. The van der Waals surface area contributed by atoms with Crippen molar-refractivity contribution in [2.45, 2.75) is 12.5 Å². The molecular weight excluding hydrogens is 206 g/mol. The summed E-state index contributed by atoms with van der Waals surface area (Å²) in [7, 11) is 3.37. The van der Waals surface area contributed by atoms with Gasteiger partial charge in [0.25, 0.3) is 0 Å². The topological polar surface area (TPSA) is 46.6 Å². The Hall–Kier alpha value is -1.84. The molecule has 0 saturated heterocycles. The van der Waals surface area contributed by atoms with E-state index in [1.807, 2.05) is 12.1 Å². The number of carbonyl (C=O) groups excluding carboxylic acids is 2. The molecule has 0 N–H and O–H groups in total. The molecule has 1 aromatic rings. The smallest absolute Gasteiger partial charge is 0.339 e. The molecule has 1 aliphatic rings. The van der Waals surface area contributed by atoms with Gasteiger partial charge in [-0.3, -0.25) is 4.79 Å². The van der Waals surface area contributed by atoms with Crippen LogP contribution in [0.1, 0.15) is 28.4 Å². The zero-order valence-corrected chi connectivity index (χ0v) is 9.27. The van der Waals surface area contributed by atoms with Gasteiger partial charge >= 0.3 is 5.97 Å². The van der Waals surface area contributed by atoms with Crippen LogP contribution in [0.5, 0.6) is 0 Å². The molecule has 2 rings (SSSR count). The first-order valence-corrected chi connectivity index (χ1v) is 5.09. The summed E-state index contributed by atoms with van der Waals surface area (Å²) in [5.74, 6) is -0.387. The van der Waals surface area contributed by atoms with Gasteiger partial charge in [0, 0.05) is 19.7 Å². The van der Waals surface area contributed by atoms with Crippen molar-refractivity contribution in [3.8, 4) is 0 Å². The minimum atomic E-state index is -0.432. The molecule has 1 amide bonds.